The minimum Gasteiger partial charge on any atom is -0.455 e. The second kappa shape index (κ2) is 12.1. The Balaban J connectivity index is 1.82. The van der Waals surface area contributed by atoms with E-state index in [0.29, 0.717) is 17.1 Å². The third-order valence-corrected chi connectivity index (χ3v) is 6.27. The van der Waals surface area contributed by atoms with Crippen molar-refractivity contribution in [1.29, 1.82) is 0 Å². The molecule has 8 heteroatoms. The maximum absolute atomic E-state index is 12.4. The van der Waals surface area contributed by atoms with E-state index in [9.17, 15) is 13.2 Å². The van der Waals surface area contributed by atoms with Gasteiger partial charge in [0.15, 0.2) is 15.6 Å². The number of hydrogen-bond acceptors (Lipinski definition) is 5. The maximum atomic E-state index is 12.4. The minimum absolute atomic E-state index is 0.127. The fourth-order valence-electron chi connectivity index (χ4n) is 3.29. The number of amides is 1. The molecule has 2 aromatic rings. The molecule has 0 bridgehead atoms. The number of carbonyl (C=O) groups is 1. The van der Waals surface area contributed by atoms with E-state index in [4.69, 9.17) is 16.0 Å². The monoisotopic (exact) mass is 454 g/mol. The molecule has 1 aromatic carbocycles. The average Bonchev–Trinajstić information content (AvgIpc) is 3.12. The third-order valence-electron chi connectivity index (χ3n) is 4.54. The van der Waals surface area contributed by atoms with Crippen LogP contribution >= 0.6 is 11.6 Å². The molecule has 0 saturated heterocycles. The lowest BCUT2D eigenvalue weighted by atomic mass is 10.2. The molecule has 0 spiro atoms. The van der Waals surface area contributed by atoms with Crippen LogP contribution in [0.25, 0.3) is 0 Å². The SMILES string of the molecule is CCCN(CCC)CCCNC(=O)c1ccc(CS(=O)(=O)Cc2cccc(Cl)c2)o1. The molecular formula is C22H31ClN2O4S. The Morgan fingerprint density at radius 3 is 2.47 bits per heavy atom. The van der Waals surface area contributed by atoms with Crippen LogP contribution in [0.15, 0.2) is 40.8 Å². The maximum Gasteiger partial charge on any atom is 0.286 e. The third kappa shape index (κ3) is 8.50. The van der Waals surface area contributed by atoms with Crippen molar-refractivity contribution in [1.82, 2.24) is 10.2 Å². The molecule has 1 N–H and O–H groups in total. The first kappa shape index (κ1) is 24.4. The molecular weight excluding hydrogens is 424 g/mol. The van der Waals surface area contributed by atoms with Gasteiger partial charge in [-0.3, -0.25) is 4.79 Å². The van der Waals surface area contributed by atoms with E-state index in [1.807, 2.05) is 0 Å². The highest BCUT2D eigenvalue weighted by molar-refractivity contribution is 7.89. The van der Waals surface area contributed by atoms with Gasteiger partial charge < -0.3 is 14.6 Å². The smallest absolute Gasteiger partial charge is 0.286 e. The van der Waals surface area contributed by atoms with E-state index < -0.39 is 9.84 Å². The van der Waals surface area contributed by atoms with Crippen molar-refractivity contribution in [3.63, 3.8) is 0 Å². The Bertz CT molecular complexity index is 905. The van der Waals surface area contributed by atoms with Crippen molar-refractivity contribution in [2.24, 2.45) is 0 Å². The molecule has 1 amide bonds. The first-order valence-corrected chi connectivity index (χ1v) is 12.6. The predicted molar refractivity (Wildman–Crippen MR) is 120 cm³/mol. The van der Waals surface area contributed by atoms with E-state index in [-0.39, 0.29) is 28.9 Å². The molecule has 1 heterocycles. The molecule has 2 rings (SSSR count). The van der Waals surface area contributed by atoms with Gasteiger partial charge in [0.05, 0.1) is 5.75 Å². The zero-order valence-electron chi connectivity index (χ0n) is 17.7. The number of sulfone groups is 1. The summed E-state index contributed by atoms with van der Waals surface area (Å²) in [6.45, 7) is 7.93. The van der Waals surface area contributed by atoms with Gasteiger partial charge in [-0.2, -0.15) is 0 Å². The fourth-order valence-corrected chi connectivity index (χ4v) is 4.88. The average molecular weight is 455 g/mol. The van der Waals surface area contributed by atoms with Crippen molar-refractivity contribution >= 4 is 27.3 Å². The van der Waals surface area contributed by atoms with Crippen molar-refractivity contribution < 1.29 is 17.6 Å². The van der Waals surface area contributed by atoms with Crippen LogP contribution < -0.4 is 5.32 Å². The highest BCUT2D eigenvalue weighted by Crippen LogP contribution is 2.17. The van der Waals surface area contributed by atoms with Crippen LogP contribution in [0.4, 0.5) is 0 Å². The van der Waals surface area contributed by atoms with Gasteiger partial charge in [-0.25, -0.2) is 8.42 Å². The van der Waals surface area contributed by atoms with Gasteiger partial charge in [-0.15, -0.1) is 0 Å². The van der Waals surface area contributed by atoms with Crippen LogP contribution in [-0.2, 0) is 21.3 Å². The number of rotatable bonds is 13. The Morgan fingerprint density at radius 1 is 1.07 bits per heavy atom. The van der Waals surface area contributed by atoms with Gasteiger partial charge in [0.1, 0.15) is 11.5 Å². The van der Waals surface area contributed by atoms with Gasteiger partial charge in [-0.05, 0) is 68.7 Å². The number of nitrogens with one attached hydrogen (secondary N) is 1. The molecule has 0 aliphatic carbocycles. The Labute approximate surface area is 184 Å². The number of benzene rings is 1. The normalized spacial score (nSPS) is 11.7. The minimum atomic E-state index is -3.45. The molecule has 0 saturated carbocycles. The summed E-state index contributed by atoms with van der Waals surface area (Å²) >= 11 is 5.91. The van der Waals surface area contributed by atoms with Crippen molar-refractivity contribution in [2.45, 2.75) is 44.6 Å². The summed E-state index contributed by atoms with van der Waals surface area (Å²) in [6.07, 6.45) is 3.08. The summed E-state index contributed by atoms with van der Waals surface area (Å²) in [5, 5.41) is 3.33. The van der Waals surface area contributed by atoms with E-state index in [0.717, 1.165) is 38.9 Å². The molecule has 0 aliphatic heterocycles. The van der Waals surface area contributed by atoms with Gasteiger partial charge in [-0.1, -0.05) is 37.6 Å². The summed E-state index contributed by atoms with van der Waals surface area (Å²) in [5.74, 6) is -0.357. The number of carbonyl (C=O) groups excluding carboxylic acids is 1. The molecule has 1 aromatic heterocycles. The summed E-state index contributed by atoms with van der Waals surface area (Å²) in [4.78, 5) is 14.7. The lowest BCUT2D eigenvalue weighted by Crippen LogP contribution is -2.31. The van der Waals surface area contributed by atoms with Crippen LogP contribution in [-0.4, -0.2) is 45.4 Å². The van der Waals surface area contributed by atoms with Crippen molar-refractivity contribution in [2.75, 3.05) is 26.2 Å². The predicted octanol–water partition coefficient (Wildman–Crippen LogP) is 4.29. The first-order chi connectivity index (χ1) is 14.3. The van der Waals surface area contributed by atoms with E-state index in [2.05, 4.69) is 24.1 Å². The summed E-state index contributed by atoms with van der Waals surface area (Å²) in [7, 11) is -3.45. The zero-order chi connectivity index (χ0) is 22.0. The Kier molecular flexibility index (Phi) is 9.88. The number of furan rings is 1. The molecule has 166 valence electrons. The van der Waals surface area contributed by atoms with Crippen LogP contribution in [0, 0.1) is 0 Å². The van der Waals surface area contributed by atoms with E-state index in [1.54, 1.807) is 24.3 Å². The highest BCUT2D eigenvalue weighted by atomic mass is 35.5. The number of hydrogen-bond donors (Lipinski definition) is 1. The Morgan fingerprint density at radius 2 is 1.80 bits per heavy atom. The van der Waals surface area contributed by atoms with Gasteiger partial charge >= 0.3 is 0 Å². The number of nitrogens with zero attached hydrogens (tertiary/aromatic N) is 1. The van der Waals surface area contributed by atoms with Crippen molar-refractivity contribution in [3.8, 4) is 0 Å². The van der Waals surface area contributed by atoms with E-state index in [1.165, 1.54) is 12.1 Å². The van der Waals surface area contributed by atoms with Gasteiger partial charge in [0.2, 0.25) is 0 Å². The summed E-state index contributed by atoms with van der Waals surface area (Å²) in [5.41, 5.74) is 0.618. The standard InChI is InChI=1S/C22H31ClN2O4S/c1-3-12-25(13-4-2)14-6-11-24-22(26)21-10-9-20(29-21)17-30(27,28)16-18-7-5-8-19(23)15-18/h5,7-10,15H,3-4,6,11-14,16-17H2,1-2H3,(H,24,26). The fraction of sp³-hybridized carbons (Fsp3) is 0.500. The highest BCUT2D eigenvalue weighted by Gasteiger charge is 2.18. The van der Waals surface area contributed by atoms with Gasteiger partial charge in [0.25, 0.3) is 5.91 Å². The van der Waals surface area contributed by atoms with E-state index >= 15 is 0 Å². The van der Waals surface area contributed by atoms with Crippen LogP contribution in [0.3, 0.4) is 0 Å². The van der Waals surface area contributed by atoms with Crippen LogP contribution in [0.2, 0.25) is 5.02 Å². The molecule has 0 fully saturated rings. The molecule has 6 nitrogen and oxygen atoms in total. The Hall–Kier alpha value is -1.83. The molecule has 0 radical (unpaired) electrons. The summed E-state index contributed by atoms with van der Waals surface area (Å²) < 4.78 is 30.3. The first-order valence-electron chi connectivity index (χ1n) is 10.4. The largest absolute Gasteiger partial charge is 0.455 e. The van der Waals surface area contributed by atoms with Gasteiger partial charge in [0, 0.05) is 11.6 Å². The van der Waals surface area contributed by atoms with Crippen molar-refractivity contribution in [3.05, 3.63) is 58.5 Å². The van der Waals surface area contributed by atoms with Crippen LogP contribution in [0.5, 0.6) is 0 Å². The number of halogens is 1. The lowest BCUT2D eigenvalue weighted by molar-refractivity contribution is 0.0922. The molecule has 0 atom stereocenters. The lowest BCUT2D eigenvalue weighted by Gasteiger charge is -2.20. The second-order valence-corrected chi connectivity index (χ2v) is 9.88. The molecule has 0 unspecified atom stereocenters. The summed E-state index contributed by atoms with van der Waals surface area (Å²) in [6, 6.07) is 9.80. The topological polar surface area (TPSA) is 79.6 Å². The second-order valence-electron chi connectivity index (χ2n) is 7.38. The quantitative estimate of drug-likeness (QED) is 0.456. The zero-order valence-corrected chi connectivity index (χ0v) is 19.3. The molecule has 30 heavy (non-hydrogen) atoms. The molecule has 0 aliphatic rings. The van der Waals surface area contributed by atoms with Crippen LogP contribution in [0.1, 0.15) is 55.0 Å².